The van der Waals surface area contributed by atoms with Crippen molar-refractivity contribution in [2.24, 2.45) is 0 Å². The maximum Gasteiger partial charge on any atom is 0.435 e. The number of fused-ring (bicyclic) bond motifs is 1. The normalized spacial score (nSPS) is 16.8. The molecule has 4 heterocycles. The van der Waals surface area contributed by atoms with Gasteiger partial charge in [-0.1, -0.05) is 0 Å². The zero-order valence-electron chi connectivity index (χ0n) is 14.3. The number of hydrogen-bond donors (Lipinski definition) is 2. The van der Waals surface area contributed by atoms with E-state index in [1.807, 2.05) is 0 Å². The number of aromatic nitrogens is 5. The first kappa shape index (κ1) is 19.4. The minimum absolute atomic E-state index is 0.0429. The Morgan fingerprint density at radius 1 is 1.07 bits per heavy atom. The highest BCUT2D eigenvalue weighted by atomic mass is 19.4. The van der Waals surface area contributed by atoms with Crippen LogP contribution in [0.5, 0.6) is 0 Å². The second-order valence-corrected chi connectivity index (χ2v) is 6.61. The molecular formula is C15H12F7N7. The van der Waals surface area contributed by atoms with Crippen molar-refractivity contribution in [3.05, 3.63) is 41.7 Å². The van der Waals surface area contributed by atoms with Crippen molar-refractivity contribution in [1.82, 2.24) is 29.7 Å². The van der Waals surface area contributed by atoms with Crippen molar-refractivity contribution in [2.45, 2.75) is 17.9 Å². The summed E-state index contributed by atoms with van der Waals surface area (Å²) < 4.78 is 93.6. The minimum atomic E-state index is -4.87. The summed E-state index contributed by atoms with van der Waals surface area (Å²) in [6.07, 6.45) is -7.62. The Morgan fingerprint density at radius 2 is 1.76 bits per heavy atom. The SMILES string of the molecule is Fc1cnn(C2(CNc3cc(C(F)(F)F)nc4cc(C(F)(F)F)nn34)CNC2)c1. The van der Waals surface area contributed by atoms with E-state index in [1.165, 1.54) is 4.68 Å². The molecule has 3 aromatic rings. The van der Waals surface area contributed by atoms with E-state index in [2.05, 4.69) is 25.8 Å². The summed E-state index contributed by atoms with van der Waals surface area (Å²) in [4.78, 5) is 3.24. The Morgan fingerprint density at radius 3 is 2.28 bits per heavy atom. The highest BCUT2D eigenvalue weighted by molar-refractivity contribution is 5.51. The minimum Gasteiger partial charge on any atom is -0.367 e. The first-order chi connectivity index (χ1) is 13.5. The van der Waals surface area contributed by atoms with Crippen LogP contribution in [0.25, 0.3) is 5.65 Å². The topological polar surface area (TPSA) is 72.1 Å². The van der Waals surface area contributed by atoms with E-state index in [4.69, 9.17) is 0 Å². The van der Waals surface area contributed by atoms with Crippen LogP contribution in [0.1, 0.15) is 11.4 Å². The molecule has 0 unspecified atom stereocenters. The third-order valence-corrected chi connectivity index (χ3v) is 4.55. The molecule has 156 valence electrons. The van der Waals surface area contributed by atoms with E-state index in [1.54, 1.807) is 0 Å². The van der Waals surface area contributed by atoms with Crippen LogP contribution in [-0.4, -0.2) is 44.0 Å². The van der Waals surface area contributed by atoms with Gasteiger partial charge in [-0.25, -0.2) is 9.37 Å². The summed E-state index contributed by atoms with van der Waals surface area (Å²) in [5.74, 6) is -0.930. The molecule has 0 spiro atoms. The van der Waals surface area contributed by atoms with Crippen LogP contribution in [0.4, 0.5) is 36.6 Å². The van der Waals surface area contributed by atoms with E-state index in [0.29, 0.717) is 29.7 Å². The molecular weight excluding hydrogens is 411 g/mol. The van der Waals surface area contributed by atoms with Gasteiger partial charge in [0.05, 0.1) is 12.4 Å². The van der Waals surface area contributed by atoms with E-state index < -0.39 is 40.7 Å². The Bertz CT molecular complexity index is 1050. The van der Waals surface area contributed by atoms with Crippen molar-refractivity contribution in [2.75, 3.05) is 25.0 Å². The van der Waals surface area contributed by atoms with Crippen molar-refractivity contribution < 1.29 is 30.7 Å². The van der Waals surface area contributed by atoms with Gasteiger partial charge in [-0.2, -0.15) is 41.1 Å². The Labute approximate surface area is 157 Å². The van der Waals surface area contributed by atoms with Gasteiger partial charge in [0.1, 0.15) is 11.4 Å². The second kappa shape index (κ2) is 6.30. The maximum atomic E-state index is 13.3. The second-order valence-electron chi connectivity index (χ2n) is 6.61. The van der Waals surface area contributed by atoms with Crippen LogP contribution in [0.15, 0.2) is 24.5 Å². The average molecular weight is 423 g/mol. The van der Waals surface area contributed by atoms with Gasteiger partial charge >= 0.3 is 12.4 Å². The number of nitrogens with zero attached hydrogens (tertiary/aromatic N) is 5. The molecule has 7 nitrogen and oxygen atoms in total. The van der Waals surface area contributed by atoms with Gasteiger partial charge < -0.3 is 10.6 Å². The van der Waals surface area contributed by atoms with E-state index in [0.717, 1.165) is 12.4 Å². The largest absolute Gasteiger partial charge is 0.435 e. The maximum absolute atomic E-state index is 13.3. The number of hydrogen-bond acceptors (Lipinski definition) is 5. The Kier molecular flexibility index (Phi) is 4.22. The summed E-state index contributed by atoms with van der Waals surface area (Å²) in [5.41, 5.74) is -4.16. The quantitative estimate of drug-likeness (QED) is 0.632. The highest BCUT2D eigenvalue weighted by Crippen LogP contribution is 2.33. The van der Waals surface area contributed by atoms with Gasteiger partial charge in [-0.3, -0.25) is 4.68 Å². The molecule has 29 heavy (non-hydrogen) atoms. The van der Waals surface area contributed by atoms with Crippen molar-refractivity contribution in [3.63, 3.8) is 0 Å². The van der Waals surface area contributed by atoms with Crippen molar-refractivity contribution >= 4 is 11.5 Å². The molecule has 0 radical (unpaired) electrons. The average Bonchev–Trinajstić information content (AvgIpc) is 3.19. The van der Waals surface area contributed by atoms with E-state index in [-0.39, 0.29) is 12.4 Å². The summed E-state index contributed by atoms with van der Waals surface area (Å²) in [5, 5.41) is 12.8. The number of halogens is 7. The zero-order valence-corrected chi connectivity index (χ0v) is 14.3. The van der Waals surface area contributed by atoms with Crippen molar-refractivity contribution in [3.8, 4) is 0 Å². The molecule has 0 atom stereocenters. The summed E-state index contributed by atoms with van der Waals surface area (Å²) in [6, 6.07) is 1.01. The lowest BCUT2D eigenvalue weighted by Crippen LogP contribution is -2.64. The first-order valence-corrected chi connectivity index (χ1v) is 8.18. The third kappa shape index (κ3) is 3.47. The molecule has 1 aliphatic heterocycles. The molecule has 1 aliphatic rings. The zero-order chi connectivity index (χ0) is 21.0. The van der Waals surface area contributed by atoms with Crippen LogP contribution < -0.4 is 10.6 Å². The van der Waals surface area contributed by atoms with Crippen LogP contribution in [-0.2, 0) is 17.9 Å². The van der Waals surface area contributed by atoms with Gasteiger partial charge in [0, 0.05) is 31.8 Å². The molecule has 2 N–H and O–H groups in total. The molecule has 0 bridgehead atoms. The number of nitrogens with one attached hydrogen (secondary N) is 2. The summed E-state index contributed by atoms with van der Waals surface area (Å²) >= 11 is 0. The molecule has 0 saturated carbocycles. The van der Waals surface area contributed by atoms with Gasteiger partial charge in [-0.05, 0) is 0 Å². The molecule has 4 rings (SSSR count). The molecule has 1 saturated heterocycles. The lowest BCUT2D eigenvalue weighted by molar-refractivity contribution is -0.142. The van der Waals surface area contributed by atoms with Crippen molar-refractivity contribution in [1.29, 1.82) is 0 Å². The molecule has 0 amide bonds. The number of rotatable bonds is 4. The fourth-order valence-corrected chi connectivity index (χ4v) is 2.98. The van der Waals surface area contributed by atoms with Crippen LogP contribution in [0.3, 0.4) is 0 Å². The Balaban J connectivity index is 1.72. The lowest BCUT2D eigenvalue weighted by Gasteiger charge is -2.42. The smallest absolute Gasteiger partial charge is 0.367 e. The van der Waals surface area contributed by atoms with Gasteiger partial charge in [0.2, 0.25) is 0 Å². The molecule has 0 aliphatic carbocycles. The Hall–Kier alpha value is -2.90. The fraction of sp³-hybridized carbons (Fsp3) is 0.400. The lowest BCUT2D eigenvalue weighted by atomic mass is 9.92. The molecule has 0 aromatic carbocycles. The van der Waals surface area contributed by atoms with E-state index in [9.17, 15) is 30.7 Å². The van der Waals surface area contributed by atoms with E-state index >= 15 is 0 Å². The number of alkyl halides is 6. The first-order valence-electron chi connectivity index (χ1n) is 8.18. The van der Waals surface area contributed by atoms with Gasteiger partial charge in [0.25, 0.3) is 0 Å². The standard InChI is InChI=1S/C15H12F7N7/c16-8-3-25-28(4-8)13(5-23-6-13)7-24-11-1-9(14(17,18)19)26-12-2-10(15(20,21)22)27-29(11)12/h1-4,23-24H,5-7H2. The van der Waals surface area contributed by atoms with Crippen LogP contribution >= 0.6 is 0 Å². The van der Waals surface area contributed by atoms with Gasteiger partial charge in [0.15, 0.2) is 22.9 Å². The monoisotopic (exact) mass is 423 g/mol. The summed E-state index contributed by atoms with van der Waals surface area (Å²) in [7, 11) is 0. The number of anilines is 1. The molecule has 1 fully saturated rings. The van der Waals surface area contributed by atoms with Crippen LogP contribution in [0.2, 0.25) is 0 Å². The fourth-order valence-electron chi connectivity index (χ4n) is 2.98. The predicted molar refractivity (Wildman–Crippen MR) is 84.5 cm³/mol. The highest BCUT2D eigenvalue weighted by Gasteiger charge is 2.41. The molecule has 3 aromatic heterocycles. The predicted octanol–water partition coefficient (Wildman–Crippen LogP) is 2.51. The summed E-state index contributed by atoms with van der Waals surface area (Å²) in [6.45, 7) is 0.613. The molecule has 14 heteroatoms. The van der Waals surface area contributed by atoms with Gasteiger partial charge in [-0.15, -0.1) is 0 Å². The third-order valence-electron chi connectivity index (χ3n) is 4.55. The van der Waals surface area contributed by atoms with Crippen LogP contribution in [0, 0.1) is 5.82 Å².